The van der Waals surface area contributed by atoms with Crippen molar-refractivity contribution in [1.82, 2.24) is 0 Å². The van der Waals surface area contributed by atoms with Gasteiger partial charge in [-0.15, -0.1) is 0 Å². The van der Waals surface area contributed by atoms with E-state index in [1.54, 1.807) is 27.8 Å². The van der Waals surface area contributed by atoms with Crippen LogP contribution in [0.2, 0.25) is 0 Å². The zero-order valence-electron chi connectivity index (χ0n) is 11.8. The molecule has 0 fully saturated rings. The first-order valence-electron chi connectivity index (χ1n) is 7.85. The Hall–Kier alpha value is -1.30. The Bertz CT molecular complexity index is 588. The molecule has 19 heavy (non-hydrogen) atoms. The first kappa shape index (κ1) is 11.5. The van der Waals surface area contributed by atoms with Gasteiger partial charge in [0.1, 0.15) is 0 Å². The highest BCUT2D eigenvalue weighted by Gasteiger charge is 2.41. The summed E-state index contributed by atoms with van der Waals surface area (Å²) in [5.41, 5.74) is 8.82. The van der Waals surface area contributed by atoms with Crippen molar-refractivity contribution in [1.29, 1.82) is 0 Å². The number of benzene rings is 1. The number of hydrogen-bond acceptors (Lipinski definition) is 0. The van der Waals surface area contributed by atoms with E-state index in [4.69, 9.17) is 0 Å². The van der Waals surface area contributed by atoms with Gasteiger partial charge in [-0.3, -0.25) is 0 Å². The van der Waals surface area contributed by atoms with Gasteiger partial charge >= 0.3 is 0 Å². The molecule has 0 unspecified atom stereocenters. The van der Waals surface area contributed by atoms with Crippen molar-refractivity contribution in [3.05, 3.63) is 52.6 Å². The molecule has 0 aliphatic heterocycles. The zero-order valence-corrected chi connectivity index (χ0v) is 11.8. The van der Waals surface area contributed by atoms with Crippen LogP contribution < -0.4 is 0 Å². The van der Waals surface area contributed by atoms with E-state index < -0.39 is 0 Å². The van der Waals surface area contributed by atoms with Gasteiger partial charge in [-0.1, -0.05) is 37.3 Å². The molecule has 0 aromatic heterocycles. The Morgan fingerprint density at radius 3 is 2.79 bits per heavy atom. The molecule has 0 bridgehead atoms. The predicted molar refractivity (Wildman–Crippen MR) is 81.0 cm³/mol. The number of allylic oxidation sites excluding steroid dienone is 4. The molecule has 1 atom stereocenters. The normalized spacial score (nSPS) is 28.6. The lowest BCUT2D eigenvalue weighted by atomic mass is 9.64. The Morgan fingerprint density at radius 1 is 1.00 bits per heavy atom. The molecule has 0 nitrogen and oxygen atoms in total. The van der Waals surface area contributed by atoms with E-state index in [2.05, 4.69) is 37.3 Å². The van der Waals surface area contributed by atoms with Gasteiger partial charge in [0.15, 0.2) is 0 Å². The van der Waals surface area contributed by atoms with Crippen LogP contribution >= 0.6 is 0 Å². The molecule has 0 N–H and O–H groups in total. The summed E-state index contributed by atoms with van der Waals surface area (Å²) >= 11 is 0. The van der Waals surface area contributed by atoms with Gasteiger partial charge in [0.2, 0.25) is 0 Å². The van der Waals surface area contributed by atoms with Crippen molar-refractivity contribution in [2.45, 2.75) is 51.9 Å². The van der Waals surface area contributed by atoms with E-state index >= 15 is 0 Å². The monoisotopic (exact) mass is 250 g/mol. The summed E-state index contributed by atoms with van der Waals surface area (Å²) in [6.45, 7) is 2.39. The highest BCUT2D eigenvalue weighted by molar-refractivity contribution is 5.78. The van der Waals surface area contributed by atoms with Crippen LogP contribution in [0.3, 0.4) is 0 Å². The van der Waals surface area contributed by atoms with Crippen LogP contribution in [-0.4, -0.2) is 0 Å². The van der Waals surface area contributed by atoms with Crippen molar-refractivity contribution < 1.29 is 0 Å². The summed E-state index contributed by atoms with van der Waals surface area (Å²) in [7, 11) is 0. The average molecular weight is 250 g/mol. The number of fused-ring (bicyclic) bond motifs is 4. The minimum Gasteiger partial charge on any atom is -0.0804 e. The molecule has 4 rings (SSSR count). The van der Waals surface area contributed by atoms with Crippen LogP contribution in [0.5, 0.6) is 0 Å². The Morgan fingerprint density at radius 2 is 1.89 bits per heavy atom. The number of hydrogen-bond donors (Lipinski definition) is 0. The summed E-state index contributed by atoms with van der Waals surface area (Å²) in [4.78, 5) is 0. The number of rotatable bonds is 1. The second-order valence-corrected chi connectivity index (χ2v) is 6.40. The molecule has 0 amide bonds. The Labute approximate surface area is 116 Å². The maximum absolute atomic E-state index is 2.56. The summed E-state index contributed by atoms with van der Waals surface area (Å²) < 4.78 is 0. The summed E-state index contributed by atoms with van der Waals surface area (Å²) in [6.07, 6.45) is 11.8. The highest BCUT2D eigenvalue weighted by Crippen LogP contribution is 2.56. The van der Waals surface area contributed by atoms with Gasteiger partial charge in [0.25, 0.3) is 0 Å². The molecule has 0 radical (unpaired) electrons. The minimum atomic E-state index is 0.547. The van der Waals surface area contributed by atoms with Crippen LogP contribution in [0.1, 0.15) is 56.6 Å². The first-order chi connectivity index (χ1) is 9.34. The molecule has 0 spiro atoms. The van der Waals surface area contributed by atoms with Crippen molar-refractivity contribution in [3.63, 3.8) is 0 Å². The van der Waals surface area contributed by atoms with E-state index in [0.29, 0.717) is 5.41 Å². The van der Waals surface area contributed by atoms with Crippen molar-refractivity contribution in [2.75, 3.05) is 0 Å². The third kappa shape index (κ3) is 1.52. The van der Waals surface area contributed by atoms with Crippen LogP contribution in [0.15, 0.2) is 41.5 Å². The van der Waals surface area contributed by atoms with Gasteiger partial charge in [0.05, 0.1) is 0 Å². The van der Waals surface area contributed by atoms with Gasteiger partial charge in [-0.05, 0) is 78.2 Å². The maximum Gasteiger partial charge on any atom is -0.00438 e. The van der Waals surface area contributed by atoms with Crippen molar-refractivity contribution in [2.24, 2.45) is 5.41 Å². The fourth-order valence-electron chi connectivity index (χ4n) is 4.64. The van der Waals surface area contributed by atoms with Crippen LogP contribution in [-0.2, 0) is 6.42 Å². The quantitative estimate of drug-likeness (QED) is 0.634. The molecule has 1 aromatic carbocycles. The first-order valence-corrected chi connectivity index (χ1v) is 7.85. The second kappa shape index (κ2) is 4.10. The minimum absolute atomic E-state index is 0.547. The zero-order chi connectivity index (χ0) is 12.9. The SMILES string of the molecule is CC[C@@]12CCC=C1C1=C(CC2)c2ccccc2CC1. The second-order valence-electron chi connectivity index (χ2n) is 6.40. The van der Waals surface area contributed by atoms with Gasteiger partial charge in [-0.25, -0.2) is 0 Å². The lowest BCUT2D eigenvalue weighted by Gasteiger charge is -2.40. The smallest absolute Gasteiger partial charge is 0.00438 e. The predicted octanol–water partition coefficient (Wildman–Crippen LogP) is 5.30. The Balaban J connectivity index is 1.88. The average Bonchev–Trinajstić information content (AvgIpc) is 2.91. The topological polar surface area (TPSA) is 0 Å². The standard InChI is InChI=1S/C19H22/c1-2-19-12-5-8-18(19)17-10-9-14-6-3-4-7-15(14)16(17)11-13-19/h3-4,6-8H,2,5,9-13H2,1H3/t19-/m0/s1. The fourth-order valence-corrected chi connectivity index (χ4v) is 4.64. The Kier molecular flexibility index (Phi) is 2.48. The number of aryl methyl sites for hydroxylation is 1. The van der Waals surface area contributed by atoms with Gasteiger partial charge in [0, 0.05) is 0 Å². The lowest BCUT2D eigenvalue weighted by molar-refractivity contribution is 0.309. The van der Waals surface area contributed by atoms with E-state index in [9.17, 15) is 0 Å². The van der Waals surface area contributed by atoms with E-state index in [-0.39, 0.29) is 0 Å². The molecule has 3 aliphatic rings. The molecule has 0 heterocycles. The molecule has 98 valence electrons. The fraction of sp³-hybridized carbons (Fsp3) is 0.474. The van der Waals surface area contributed by atoms with Gasteiger partial charge in [-0.2, -0.15) is 0 Å². The van der Waals surface area contributed by atoms with E-state index in [0.717, 1.165) is 0 Å². The van der Waals surface area contributed by atoms with Crippen LogP contribution in [0, 0.1) is 5.41 Å². The lowest BCUT2D eigenvalue weighted by Crippen LogP contribution is -2.26. The maximum atomic E-state index is 2.56. The molecule has 0 heteroatoms. The largest absolute Gasteiger partial charge is 0.0804 e. The third-order valence-electron chi connectivity index (χ3n) is 5.75. The molecular formula is C19H22. The molecule has 0 saturated heterocycles. The molecule has 0 saturated carbocycles. The summed E-state index contributed by atoms with van der Waals surface area (Å²) in [6, 6.07) is 9.07. The summed E-state index contributed by atoms with van der Waals surface area (Å²) in [5.74, 6) is 0. The highest BCUT2D eigenvalue weighted by atomic mass is 14.5. The molecular weight excluding hydrogens is 228 g/mol. The van der Waals surface area contributed by atoms with E-state index in [1.165, 1.54) is 44.9 Å². The van der Waals surface area contributed by atoms with Crippen molar-refractivity contribution in [3.8, 4) is 0 Å². The van der Waals surface area contributed by atoms with E-state index in [1.807, 2.05) is 0 Å². The van der Waals surface area contributed by atoms with Crippen LogP contribution in [0.4, 0.5) is 0 Å². The molecule has 3 aliphatic carbocycles. The van der Waals surface area contributed by atoms with Crippen LogP contribution in [0.25, 0.3) is 5.57 Å². The third-order valence-corrected chi connectivity index (χ3v) is 5.75. The molecule has 1 aromatic rings. The van der Waals surface area contributed by atoms with Gasteiger partial charge < -0.3 is 0 Å². The van der Waals surface area contributed by atoms with Crippen molar-refractivity contribution >= 4 is 5.57 Å². The summed E-state index contributed by atoms with van der Waals surface area (Å²) in [5, 5.41) is 0.